The summed E-state index contributed by atoms with van der Waals surface area (Å²) in [4.78, 5) is 7.96. The van der Waals surface area contributed by atoms with Gasteiger partial charge in [0.2, 0.25) is 5.95 Å². The Hall–Kier alpha value is -1.40. The molecule has 1 aliphatic heterocycles. The number of hydrogen-bond acceptors (Lipinski definition) is 5. The molecule has 1 aliphatic rings. The molecule has 0 bridgehead atoms. The van der Waals surface area contributed by atoms with Crippen molar-refractivity contribution in [2.45, 2.75) is 25.8 Å². The molecule has 3 rings (SSSR count). The van der Waals surface area contributed by atoms with Crippen molar-refractivity contribution in [3.8, 4) is 10.7 Å². The molecule has 3 heterocycles. The monoisotopic (exact) mass is 263 g/mol. The second-order valence-electron chi connectivity index (χ2n) is 4.74. The number of nitrogens with one attached hydrogen (secondary N) is 1. The van der Waals surface area contributed by atoms with Gasteiger partial charge in [0.05, 0.1) is 4.88 Å². The van der Waals surface area contributed by atoms with E-state index in [1.807, 2.05) is 0 Å². The number of hydrogen-bond donors (Lipinski definition) is 2. The Balaban J connectivity index is 1.80. The van der Waals surface area contributed by atoms with Crippen LogP contribution < -0.4 is 10.6 Å². The lowest BCUT2D eigenvalue weighted by Gasteiger charge is -2.28. The van der Waals surface area contributed by atoms with Crippen LogP contribution in [0.1, 0.15) is 18.4 Å². The van der Waals surface area contributed by atoms with Crippen LogP contribution in [0.5, 0.6) is 0 Å². The summed E-state index contributed by atoms with van der Waals surface area (Å²) in [6.07, 6.45) is 2.03. The smallest absolute Gasteiger partial charge is 0.245 e. The molecule has 1 saturated heterocycles. The van der Waals surface area contributed by atoms with Gasteiger partial charge in [0.15, 0.2) is 5.82 Å². The molecule has 5 nitrogen and oxygen atoms in total. The van der Waals surface area contributed by atoms with E-state index in [0.717, 1.165) is 37.7 Å². The molecule has 0 amide bonds. The Morgan fingerprint density at radius 2 is 2.22 bits per heavy atom. The average molecular weight is 263 g/mol. The third kappa shape index (κ3) is 2.13. The second-order valence-corrected chi connectivity index (χ2v) is 5.66. The van der Waals surface area contributed by atoms with Crippen molar-refractivity contribution in [2.24, 2.45) is 5.73 Å². The molecule has 0 saturated carbocycles. The van der Waals surface area contributed by atoms with Gasteiger partial charge in [0.25, 0.3) is 0 Å². The first-order valence-electron chi connectivity index (χ1n) is 6.21. The van der Waals surface area contributed by atoms with Crippen LogP contribution in [0.4, 0.5) is 5.95 Å². The Labute approximate surface area is 110 Å². The summed E-state index contributed by atoms with van der Waals surface area (Å²) in [6, 6.07) is 2.43. The number of rotatable bonds is 2. The third-order valence-electron chi connectivity index (χ3n) is 3.37. The van der Waals surface area contributed by atoms with Crippen molar-refractivity contribution in [1.29, 1.82) is 0 Å². The maximum absolute atomic E-state index is 5.90. The Morgan fingerprint density at radius 1 is 1.44 bits per heavy atom. The normalized spacial score (nSPS) is 17.3. The molecule has 3 N–H and O–H groups in total. The maximum atomic E-state index is 5.90. The van der Waals surface area contributed by atoms with Gasteiger partial charge >= 0.3 is 0 Å². The number of nitrogens with two attached hydrogens (primary N) is 1. The van der Waals surface area contributed by atoms with E-state index in [4.69, 9.17) is 5.73 Å². The summed E-state index contributed by atoms with van der Waals surface area (Å²) >= 11 is 1.69. The molecule has 0 spiro atoms. The van der Waals surface area contributed by atoms with Crippen molar-refractivity contribution >= 4 is 17.3 Å². The van der Waals surface area contributed by atoms with Crippen LogP contribution in [-0.4, -0.2) is 34.3 Å². The van der Waals surface area contributed by atoms with Crippen LogP contribution in [0, 0.1) is 6.92 Å². The summed E-state index contributed by atoms with van der Waals surface area (Å²) in [6.45, 7) is 3.98. The van der Waals surface area contributed by atoms with Crippen molar-refractivity contribution in [3.05, 3.63) is 17.0 Å². The lowest BCUT2D eigenvalue weighted by atomic mass is 10.1. The lowest BCUT2D eigenvalue weighted by molar-refractivity contribution is 0.496. The molecular formula is C12H17N5S. The van der Waals surface area contributed by atoms with Crippen molar-refractivity contribution in [1.82, 2.24) is 15.2 Å². The van der Waals surface area contributed by atoms with Gasteiger partial charge in [-0.05, 0) is 36.8 Å². The minimum Gasteiger partial charge on any atom is -0.339 e. The average Bonchev–Trinajstić information content (AvgIpc) is 2.98. The molecule has 1 fully saturated rings. The fourth-order valence-electron chi connectivity index (χ4n) is 2.21. The van der Waals surface area contributed by atoms with E-state index in [1.165, 1.54) is 10.4 Å². The highest BCUT2D eigenvalue weighted by molar-refractivity contribution is 7.13. The summed E-state index contributed by atoms with van der Waals surface area (Å²) in [5.74, 6) is 1.66. The van der Waals surface area contributed by atoms with Gasteiger partial charge in [-0.25, -0.2) is 0 Å². The lowest BCUT2D eigenvalue weighted by Crippen LogP contribution is -2.40. The van der Waals surface area contributed by atoms with Gasteiger partial charge in [-0.1, -0.05) is 0 Å². The van der Waals surface area contributed by atoms with Gasteiger partial charge in [-0.15, -0.1) is 16.4 Å². The predicted octanol–water partition coefficient (Wildman–Crippen LogP) is 1.77. The molecule has 96 valence electrons. The zero-order valence-electron chi connectivity index (χ0n) is 10.4. The molecular weight excluding hydrogens is 246 g/mol. The molecule has 0 aromatic carbocycles. The number of aryl methyl sites for hydroxylation is 1. The molecule has 2 aromatic heterocycles. The Morgan fingerprint density at radius 3 is 2.89 bits per heavy atom. The first-order chi connectivity index (χ1) is 8.74. The topological polar surface area (TPSA) is 70.8 Å². The largest absolute Gasteiger partial charge is 0.339 e. The van der Waals surface area contributed by atoms with E-state index in [9.17, 15) is 0 Å². The number of anilines is 1. The first-order valence-corrected chi connectivity index (χ1v) is 7.09. The summed E-state index contributed by atoms with van der Waals surface area (Å²) in [7, 11) is 0. The van der Waals surface area contributed by atoms with E-state index in [0.29, 0.717) is 6.04 Å². The number of thiophene rings is 1. The molecule has 0 radical (unpaired) electrons. The molecule has 2 aromatic rings. The highest BCUT2D eigenvalue weighted by atomic mass is 32.1. The highest BCUT2D eigenvalue weighted by Gasteiger charge is 2.20. The Kier molecular flexibility index (Phi) is 3.05. The number of nitrogens with zero attached hydrogens (tertiary/aromatic N) is 3. The molecule has 6 heteroatoms. The van der Waals surface area contributed by atoms with E-state index in [2.05, 4.69) is 38.5 Å². The second kappa shape index (κ2) is 4.70. The minimum absolute atomic E-state index is 0.333. The van der Waals surface area contributed by atoms with Gasteiger partial charge < -0.3 is 10.6 Å². The van der Waals surface area contributed by atoms with Gasteiger partial charge in [0.1, 0.15) is 0 Å². The first kappa shape index (κ1) is 11.7. The quantitative estimate of drug-likeness (QED) is 0.866. The number of aromatic nitrogens is 3. The van der Waals surface area contributed by atoms with Crippen LogP contribution in [0.25, 0.3) is 10.7 Å². The molecule has 0 atom stereocenters. The van der Waals surface area contributed by atoms with Crippen molar-refractivity contribution in [3.63, 3.8) is 0 Å². The Bertz CT molecular complexity index is 524. The summed E-state index contributed by atoms with van der Waals surface area (Å²) < 4.78 is 0. The summed E-state index contributed by atoms with van der Waals surface area (Å²) in [5.41, 5.74) is 7.14. The SMILES string of the molecule is Cc1ccsc1-c1nc(N2CCC(N)CC2)n[nH]1. The molecule has 18 heavy (non-hydrogen) atoms. The fourth-order valence-corrected chi connectivity index (χ4v) is 3.08. The van der Waals surface area contributed by atoms with Crippen LogP contribution >= 0.6 is 11.3 Å². The van der Waals surface area contributed by atoms with E-state index >= 15 is 0 Å². The minimum atomic E-state index is 0.333. The zero-order chi connectivity index (χ0) is 12.5. The standard InChI is InChI=1S/C12H17N5S/c1-8-4-7-18-10(8)11-14-12(16-15-11)17-5-2-9(13)3-6-17/h4,7,9H,2-3,5-6,13H2,1H3,(H,14,15,16). The van der Waals surface area contributed by atoms with E-state index in [-0.39, 0.29) is 0 Å². The van der Waals surface area contributed by atoms with E-state index in [1.54, 1.807) is 11.3 Å². The highest BCUT2D eigenvalue weighted by Crippen LogP contribution is 2.27. The molecule has 0 aliphatic carbocycles. The fraction of sp³-hybridized carbons (Fsp3) is 0.500. The van der Waals surface area contributed by atoms with E-state index < -0.39 is 0 Å². The van der Waals surface area contributed by atoms with Gasteiger partial charge in [0, 0.05) is 19.1 Å². The number of H-pyrrole nitrogens is 1. The summed E-state index contributed by atoms with van der Waals surface area (Å²) in [5, 5.41) is 9.43. The number of piperidine rings is 1. The number of aromatic amines is 1. The van der Waals surface area contributed by atoms with Gasteiger partial charge in [-0.2, -0.15) is 4.98 Å². The predicted molar refractivity (Wildman–Crippen MR) is 73.9 cm³/mol. The van der Waals surface area contributed by atoms with Crippen molar-refractivity contribution < 1.29 is 0 Å². The maximum Gasteiger partial charge on any atom is 0.245 e. The van der Waals surface area contributed by atoms with Crippen molar-refractivity contribution in [2.75, 3.05) is 18.0 Å². The van der Waals surface area contributed by atoms with Crippen LogP contribution in [-0.2, 0) is 0 Å². The van der Waals surface area contributed by atoms with Gasteiger partial charge in [-0.3, -0.25) is 5.10 Å². The van der Waals surface area contributed by atoms with Crippen LogP contribution in [0.3, 0.4) is 0 Å². The van der Waals surface area contributed by atoms with Crippen LogP contribution in [0.2, 0.25) is 0 Å². The van der Waals surface area contributed by atoms with Crippen LogP contribution in [0.15, 0.2) is 11.4 Å². The molecule has 0 unspecified atom stereocenters. The zero-order valence-corrected chi connectivity index (χ0v) is 11.2. The third-order valence-corrected chi connectivity index (χ3v) is 4.40.